The molecule has 326 valence electrons. The monoisotopic (exact) mass is 1020 g/mol. The Kier molecular flexibility index (Phi) is 17.8. The molecule has 4 aromatic heterocycles. The number of quaternary nitrogens is 2. The van der Waals surface area contributed by atoms with E-state index in [1.807, 2.05) is 52.7 Å². The van der Waals surface area contributed by atoms with Crippen molar-refractivity contribution in [3.05, 3.63) is 89.6 Å². The van der Waals surface area contributed by atoms with Crippen LogP contribution in [-0.4, -0.2) is 134 Å². The summed E-state index contributed by atoms with van der Waals surface area (Å²) in [7, 11) is 0. The average Bonchev–Trinajstić information content (AvgIpc) is 4.09. The van der Waals surface area contributed by atoms with Gasteiger partial charge in [-0.1, -0.05) is 24.3 Å². The van der Waals surface area contributed by atoms with Gasteiger partial charge in [-0.05, 0) is 52.7 Å². The van der Waals surface area contributed by atoms with Crippen LogP contribution in [0.5, 0.6) is 0 Å². The summed E-state index contributed by atoms with van der Waals surface area (Å²) in [6.07, 6.45) is 3.86. The van der Waals surface area contributed by atoms with E-state index in [-0.39, 0.29) is 52.8 Å². The molecule has 10 heterocycles. The molecule has 0 aliphatic carbocycles. The Morgan fingerprint density at radius 1 is 0.627 bits per heavy atom. The minimum Gasteiger partial charge on any atom is -1.00 e. The van der Waals surface area contributed by atoms with Gasteiger partial charge < -0.3 is 77.2 Å². The quantitative estimate of drug-likeness (QED) is 0.0726. The van der Waals surface area contributed by atoms with Crippen LogP contribution in [0.1, 0.15) is 52.1 Å². The number of thiophene rings is 4. The zero-order valence-electron chi connectivity index (χ0n) is 33.3. The maximum Gasteiger partial charge on any atom is 0.349 e. The fourth-order valence-electron chi connectivity index (χ4n) is 9.19. The van der Waals surface area contributed by atoms with Crippen LogP contribution in [0.4, 0.5) is 0 Å². The standard InChI is InChI=1S/C21H28NO5S2.C21H28NO4S2.2BrH/c23-10-12-26-11-9-22-7-5-16(6-8-22)17(15-22)27-20(24)21(25,18-3-1-13-28-18)19-4-2-14-29-19;1-2-25-12-11-22-9-7-16(8-10-22)17(15-22)26-20(23)21(24,18-5-3-13-27-18)19-6-4-14-28-19;;/h1-4,13-14,16-17,23,25H,5-12,15H2;3-6,13-14,16-17,24H,2,7-12,15H2,1H3;2*1H/q2*+1;;/p-2/t2*16?,17-,22?;;/m00../s1. The Labute approximate surface area is 384 Å². The molecule has 0 unspecified atom stereocenters. The Morgan fingerprint density at radius 3 is 1.29 bits per heavy atom. The molecule has 0 aromatic carbocycles. The van der Waals surface area contributed by atoms with E-state index in [0.29, 0.717) is 44.6 Å². The lowest BCUT2D eigenvalue weighted by Crippen LogP contribution is -3.00. The van der Waals surface area contributed by atoms with Crippen molar-refractivity contribution in [2.45, 2.75) is 56.0 Å². The third kappa shape index (κ3) is 10.6. The minimum atomic E-state index is -1.75. The van der Waals surface area contributed by atoms with Gasteiger partial charge in [-0.15, -0.1) is 45.3 Å². The van der Waals surface area contributed by atoms with E-state index in [2.05, 4.69) is 0 Å². The molecule has 6 fully saturated rings. The van der Waals surface area contributed by atoms with E-state index in [9.17, 15) is 19.8 Å². The van der Waals surface area contributed by atoms with Crippen LogP contribution in [0.3, 0.4) is 0 Å². The minimum absolute atomic E-state index is 0. The molecule has 17 heteroatoms. The molecule has 11 nitrogen and oxygen atoms in total. The van der Waals surface area contributed by atoms with Crippen molar-refractivity contribution in [2.75, 3.05) is 85.4 Å². The summed E-state index contributed by atoms with van der Waals surface area (Å²) in [6.45, 7) is 12.3. The number of carbonyl (C=O) groups excluding carboxylic acids is 2. The smallest absolute Gasteiger partial charge is 0.349 e. The highest BCUT2D eigenvalue weighted by atomic mass is 79.9. The molecule has 2 atom stereocenters. The molecule has 0 saturated carbocycles. The SMILES string of the molecule is CCOCC[N+]12CCC(CC1)[C@@H](OC(=O)C(O)(c1cccs1)c1cccs1)C2.O=C(O[C@H]1C[N+]2(CCOCCO)CCC1CC2)C(O)(c1cccs1)c1cccs1.[Br-].[Br-]. The third-order valence-corrected chi connectivity index (χ3v) is 16.5. The van der Waals surface area contributed by atoms with E-state index in [1.165, 1.54) is 45.3 Å². The fraction of sp³-hybridized carbons (Fsp3) is 0.571. The molecule has 6 saturated heterocycles. The summed E-state index contributed by atoms with van der Waals surface area (Å²) in [5.74, 6) is -0.366. The van der Waals surface area contributed by atoms with Gasteiger partial charge in [0, 0.05) is 44.1 Å². The van der Waals surface area contributed by atoms with Gasteiger partial charge in [0.1, 0.15) is 26.2 Å². The summed E-state index contributed by atoms with van der Waals surface area (Å²) < 4.78 is 25.0. The van der Waals surface area contributed by atoms with Gasteiger partial charge in [-0.3, -0.25) is 0 Å². The largest absolute Gasteiger partial charge is 1.00 e. The zero-order valence-corrected chi connectivity index (χ0v) is 39.8. The molecule has 6 aliphatic heterocycles. The second kappa shape index (κ2) is 21.7. The molecule has 59 heavy (non-hydrogen) atoms. The number of hydrogen-bond acceptors (Lipinski definition) is 13. The highest BCUT2D eigenvalue weighted by Gasteiger charge is 2.53. The summed E-state index contributed by atoms with van der Waals surface area (Å²) in [5.41, 5.74) is -3.46. The number of rotatable bonds is 17. The molecule has 0 radical (unpaired) electrons. The number of aliphatic hydroxyl groups is 3. The Bertz CT molecular complexity index is 1760. The van der Waals surface area contributed by atoms with Crippen LogP contribution in [0.15, 0.2) is 70.1 Å². The number of ether oxygens (including phenoxy) is 4. The van der Waals surface area contributed by atoms with Gasteiger partial charge >= 0.3 is 11.9 Å². The maximum absolute atomic E-state index is 13.3. The highest BCUT2D eigenvalue weighted by molar-refractivity contribution is 7.12. The summed E-state index contributed by atoms with van der Waals surface area (Å²) in [5, 5.41) is 39.3. The molecule has 0 spiro atoms. The third-order valence-electron chi connectivity index (χ3n) is 12.6. The van der Waals surface area contributed by atoms with Crippen LogP contribution < -0.4 is 34.0 Å². The van der Waals surface area contributed by atoms with Crippen molar-refractivity contribution >= 4 is 57.3 Å². The van der Waals surface area contributed by atoms with Crippen molar-refractivity contribution in [3.8, 4) is 0 Å². The van der Waals surface area contributed by atoms with Crippen LogP contribution in [0, 0.1) is 11.8 Å². The van der Waals surface area contributed by atoms with Crippen molar-refractivity contribution in [3.63, 3.8) is 0 Å². The number of hydrogen-bond donors (Lipinski definition) is 3. The van der Waals surface area contributed by atoms with Gasteiger partial charge in [0.05, 0.1) is 72.1 Å². The van der Waals surface area contributed by atoms with Crippen LogP contribution >= 0.6 is 45.3 Å². The van der Waals surface area contributed by atoms with Crippen LogP contribution in [-0.2, 0) is 39.7 Å². The summed E-state index contributed by atoms with van der Waals surface area (Å²) in [6, 6.07) is 14.6. The first-order valence-corrected chi connectivity index (χ1v) is 23.7. The lowest BCUT2D eigenvalue weighted by atomic mass is 9.83. The lowest BCUT2D eigenvalue weighted by molar-refractivity contribution is -0.946. The van der Waals surface area contributed by atoms with Crippen molar-refractivity contribution in [1.29, 1.82) is 0 Å². The van der Waals surface area contributed by atoms with Gasteiger partial charge in [0.2, 0.25) is 11.2 Å². The molecular weight excluding hydrogens is 965 g/mol. The van der Waals surface area contributed by atoms with E-state index in [1.54, 1.807) is 24.3 Å². The number of fused-ring (bicyclic) bond motifs is 6. The number of halogens is 2. The van der Waals surface area contributed by atoms with E-state index in [4.69, 9.17) is 24.1 Å². The van der Waals surface area contributed by atoms with Crippen LogP contribution in [0.25, 0.3) is 0 Å². The molecular formula is C42H56Br2N2O9S4. The summed E-state index contributed by atoms with van der Waals surface area (Å²) >= 11 is 5.49. The number of carbonyl (C=O) groups is 2. The highest BCUT2D eigenvalue weighted by Crippen LogP contribution is 2.42. The lowest BCUT2D eigenvalue weighted by Gasteiger charge is -2.52. The first-order chi connectivity index (χ1) is 27.6. The van der Waals surface area contributed by atoms with Gasteiger partial charge in [-0.2, -0.15) is 0 Å². The molecule has 6 aliphatic rings. The fourth-order valence-corrected chi connectivity index (χ4v) is 12.6. The predicted octanol–water partition coefficient (Wildman–Crippen LogP) is -0.551. The average molecular weight is 1020 g/mol. The number of esters is 2. The first-order valence-electron chi connectivity index (χ1n) is 20.1. The molecule has 4 bridgehead atoms. The van der Waals surface area contributed by atoms with E-state index < -0.39 is 23.1 Å². The normalized spacial score (nSPS) is 25.9. The second-order valence-electron chi connectivity index (χ2n) is 15.8. The van der Waals surface area contributed by atoms with Crippen molar-refractivity contribution in [1.82, 2.24) is 0 Å². The number of piperidine rings is 6. The predicted molar refractivity (Wildman–Crippen MR) is 222 cm³/mol. The number of aliphatic hydroxyl groups excluding tert-OH is 1. The Balaban J connectivity index is 0.000000217. The maximum atomic E-state index is 13.3. The molecule has 4 aromatic rings. The van der Waals surface area contributed by atoms with Crippen LogP contribution in [0.2, 0.25) is 0 Å². The van der Waals surface area contributed by atoms with Crippen molar-refractivity contribution in [2.24, 2.45) is 11.8 Å². The van der Waals surface area contributed by atoms with Gasteiger partial charge in [0.25, 0.3) is 0 Å². The Morgan fingerprint density at radius 2 is 0.983 bits per heavy atom. The van der Waals surface area contributed by atoms with Gasteiger partial charge in [-0.25, -0.2) is 9.59 Å². The van der Waals surface area contributed by atoms with Crippen molar-refractivity contribution < 1.29 is 86.8 Å². The van der Waals surface area contributed by atoms with E-state index >= 15 is 0 Å². The zero-order chi connectivity index (χ0) is 39.9. The first kappa shape index (κ1) is 48.5. The Hall–Kier alpha value is -1.58. The van der Waals surface area contributed by atoms with E-state index in [0.717, 1.165) is 100 Å². The number of nitrogens with zero attached hydrogens (tertiary/aromatic N) is 2. The molecule has 10 rings (SSSR count). The summed E-state index contributed by atoms with van der Waals surface area (Å²) in [4.78, 5) is 29.0. The second-order valence-corrected chi connectivity index (χ2v) is 19.6. The topological polar surface area (TPSA) is 132 Å². The van der Waals surface area contributed by atoms with Gasteiger partial charge in [0.15, 0.2) is 12.2 Å². The molecule has 3 N–H and O–H groups in total. The molecule has 0 amide bonds.